The van der Waals surface area contributed by atoms with Gasteiger partial charge in [-0.05, 0) is 350 Å². The molecule has 36 rings (SSSR count). The lowest BCUT2D eigenvalue weighted by atomic mass is 9.47. The van der Waals surface area contributed by atoms with Crippen molar-refractivity contribution in [1.29, 1.82) is 0 Å². The summed E-state index contributed by atoms with van der Waals surface area (Å²) in [6.07, 6.45) is 0. The summed E-state index contributed by atoms with van der Waals surface area (Å²) in [5, 5.41) is 90.5. The van der Waals surface area contributed by atoms with E-state index in [4.69, 9.17) is 0 Å². The van der Waals surface area contributed by atoms with Gasteiger partial charge in [-0.1, -0.05) is 30.3 Å². The minimum Gasteiger partial charge on any atom is -0.368 e. The predicted molar refractivity (Wildman–Crippen MR) is 347 cm³/mol. The topological polar surface area (TPSA) is 9.72 Å². The summed E-state index contributed by atoms with van der Waals surface area (Å²) in [6, 6.07) is 21.7. The maximum Gasteiger partial charge on any atom is 0.0575 e. The number of piperazine rings is 1. The summed E-state index contributed by atoms with van der Waals surface area (Å²) in [6.45, 7) is 5.21. The summed E-state index contributed by atoms with van der Waals surface area (Å²) in [4.78, 5) is 8.24. The van der Waals surface area contributed by atoms with E-state index in [2.05, 4.69) is 76.3 Å². The molecule has 6 aliphatic rings. The molecule has 354 valence electrons. The normalized spacial score (nSPS) is 23.3. The predicted octanol–water partition coefficient (Wildman–Crippen LogP) is 19.3. The number of hydrogen-bond donors (Lipinski definition) is 0. The number of benzene rings is 20. The second-order valence-electron chi connectivity index (χ2n) is 29.7. The highest BCUT2D eigenvalue weighted by atomic mass is 15.3. The van der Waals surface area contributed by atoms with Crippen LogP contribution in [0.3, 0.4) is 0 Å². The largest absolute Gasteiger partial charge is 0.368 e. The molecule has 3 nitrogen and oxygen atoms in total. The SMILES string of the molecule is CN1CC23c4c5c6c7c8c9c(c%10c%11c2c2c4c4c%12c5c5c6c6c8c8c%13c9c9c%10c%10c%11c%11c2c2c4c4c%12c%12c5c5c6c8c6c8c%13c9c9c%10c%10c%11c2c2c4c4c%12c5c6c5c8c9c%10c2c45)C73C1c1ccc(N2CCN(c3ccccc3)CC2)cc1. The molecule has 30 aromatic carbocycles. The Morgan fingerprint density at radius 1 is 0.256 bits per heavy atom. The zero-order valence-electron chi connectivity index (χ0n) is 43.2. The van der Waals surface area contributed by atoms with Gasteiger partial charge in [-0.25, -0.2) is 0 Å². The minimum atomic E-state index is -0.337. The third-order valence-electron chi connectivity index (χ3n) is 28.9. The van der Waals surface area contributed by atoms with E-state index in [1.54, 1.807) is 313 Å². The summed E-state index contributed by atoms with van der Waals surface area (Å²) >= 11 is 0. The molecule has 0 aromatic heterocycles. The Morgan fingerprint density at radius 3 is 0.732 bits per heavy atom. The molecule has 1 atom stereocenters. The van der Waals surface area contributed by atoms with Crippen molar-refractivity contribution in [3.8, 4) is 0 Å². The lowest BCUT2D eigenvalue weighted by molar-refractivity contribution is 0.271. The Bertz CT molecular complexity index is 7790. The first-order valence-electron chi connectivity index (χ1n) is 30.9. The molecule has 82 heavy (non-hydrogen) atoms. The van der Waals surface area contributed by atoms with Crippen LogP contribution in [-0.2, 0) is 10.8 Å². The molecule has 2 heterocycles. The lowest BCUT2D eigenvalue weighted by Crippen LogP contribution is -2.51. The number of anilines is 2. The van der Waals surface area contributed by atoms with Gasteiger partial charge >= 0.3 is 0 Å². The van der Waals surface area contributed by atoms with E-state index in [1.165, 1.54) is 16.9 Å². The van der Waals surface area contributed by atoms with Crippen molar-refractivity contribution >= 4 is 302 Å². The monoisotopic (exact) mass is 1010 g/mol. The van der Waals surface area contributed by atoms with Crippen LogP contribution in [0.5, 0.6) is 0 Å². The van der Waals surface area contributed by atoms with Crippen LogP contribution < -0.4 is 9.80 Å². The Balaban J connectivity index is 0.898. The number of hydrogen-bond acceptors (Lipinski definition) is 3. The molecule has 2 aliphatic heterocycles. The van der Waals surface area contributed by atoms with Crippen molar-refractivity contribution < 1.29 is 0 Å². The summed E-state index contributed by atoms with van der Waals surface area (Å²) in [5.41, 5.74) is 10.8. The summed E-state index contributed by atoms with van der Waals surface area (Å²) in [5.74, 6) is 0. The van der Waals surface area contributed by atoms with Crippen LogP contribution in [0.2, 0.25) is 0 Å². The fourth-order valence-corrected chi connectivity index (χ4v) is 28.3. The van der Waals surface area contributed by atoms with Crippen LogP contribution in [0.1, 0.15) is 33.9 Å². The van der Waals surface area contributed by atoms with Crippen LogP contribution in [0.25, 0.3) is 291 Å². The van der Waals surface area contributed by atoms with Gasteiger partial charge in [0.25, 0.3) is 0 Å². The Hall–Kier alpha value is -9.54. The van der Waals surface area contributed by atoms with Gasteiger partial charge in [0.15, 0.2) is 0 Å². The molecule has 1 unspecified atom stereocenters. The molecule has 0 bridgehead atoms. The first kappa shape index (κ1) is 32.6. The molecule has 30 aromatic rings. The first-order chi connectivity index (χ1) is 40.8. The second kappa shape index (κ2) is 7.93. The van der Waals surface area contributed by atoms with Gasteiger partial charge in [-0.2, -0.15) is 0 Å². The van der Waals surface area contributed by atoms with Gasteiger partial charge in [0.05, 0.1) is 10.8 Å². The minimum absolute atomic E-state index is 0.146. The Morgan fingerprint density at radius 2 is 0.476 bits per heavy atom. The van der Waals surface area contributed by atoms with Crippen LogP contribution in [0.15, 0.2) is 54.6 Å². The average molecular weight is 1010 g/mol. The number of para-hydroxylation sites is 1. The molecule has 2 fully saturated rings. The molecule has 2 saturated heterocycles. The number of likely N-dealkylation sites (tertiary alicyclic amines) is 1. The third kappa shape index (κ3) is 1.94. The van der Waals surface area contributed by atoms with Crippen molar-refractivity contribution in [1.82, 2.24) is 4.90 Å². The fourth-order valence-electron chi connectivity index (χ4n) is 28.3. The van der Waals surface area contributed by atoms with Crippen LogP contribution in [0, 0.1) is 0 Å². The van der Waals surface area contributed by atoms with Crippen molar-refractivity contribution in [2.75, 3.05) is 49.6 Å². The van der Waals surface area contributed by atoms with E-state index in [-0.39, 0.29) is 16.9 Å². The van der Waals surface area contributed by atoms with E-state index in [0.29, 0.717) is 0 Å². The quantitative estimate of drug-likeness (QED) is 0.163. The zero-order valence-corrected chi connectivity index (χ0v) is 43.2. The Kier molecular flexibility index (Phi) is 3.16. The Labute approximate surface area is 453 Å². The van der Waals surface area contributed by atoms with Crippen molar-refractivity contribution in [2.45, 2.75) is 16.9 Å². The molecule has 0 amide bonds. The molecule has 0 N–H and O–H groups in total. The molecule has 0 saturated carbocycles. The third-order valence-corrected chi connectivity index (χ3v) is 28.9. The molecular weight excluding hydrogens is 991 g/mol. The average Bonchev–Trinajstić information content (AvgIpc) is 1.38. The van der Waals surface area contributed by atoms with E-state index in [0.717, 1.165) is 32.7 Å². The molecule has 4 aliphatic carbocycles. The standard InChI is InChI=1S/C79H23N3/c1-80-15-78-73-65-57-47-37-29-21-19-20-23-27-25(21)33-41-35(27)45-39-31(23)32-24(20)28-26-22(19)30(29)38-44-34(26)42-36(28)46-40(32)50-49(39)61-55(45)63-53(41)59(51(57)43(33)37)67(73)69(63)75-71(61)72-62(50)56(46)64-54(42)60-52(44)58(48(38)47)66(65)74(78)68(60)70(64)76(72)79(75,78)77(80)16-7-9-18(10-8-16)82-13-11-81(12-14-82)17-5-3-2-4-6-17/h2-10,77H,11-15H2,1H3. The molecule has 3 heteroatoms. The number of nitrogens with zero attached hydrogens (tertiary/aromatic N) is 3. The highest BCUT2D eigenvalue weighted by Crippen LogP contribution is 2.87. The van der Waals surface area contributed by atoms with Crippen LogP contribution in [-0.4, -0.2) is 44.7 Å². The number of likely N-dealkylation sites (N-methyl/N-ethyl adjacent to an activating group) is 1. The first-order valence-corrected chi connectivity index (χ1v) is 30.9. The molecular formula is C79H23N3. The van der Waals surface area contributed by atoms with Gasteiger partial charge in [-0.3, -0.25) is 4.90 Å². The van der Waals surface area contributed by atoms with E-state index < -0.39 is 0 Å². The van der Waals surface area contributed by atoms with E-state index in [1.807, 2.05) is 0 Å². The highest BCUT2D eigenvalue weighted by molar-refractivity contribution is 6.82. The summed E-state index contributed by atoms with van der Waals surface area (Å²) < 4.78 is 0. The van der Waals surface area contributed by atoms with Crippen molar-refractivity contribution in [2.24, 2.45) is 0 Å². The van der Waals surface area contributed by atoms with Gasteiger partial charge in [0, 0.05) is 50.1 Å². The van der Waals surface area contributed by atoms with Gasteiger partial charge in [0.1, 0.15) is 0 Å². The van der Waals surface area contributed by atoms with Crippen molar-refractivity contribution in [3.05, 3.63) is 82.4 Å². The van der Waals surface area contributed by atoms with Gasteiger partial charge < -0.3 is 9.80 Å². The molecule has 0 radical (unpaired) electrons. The lowest BCUT2D eigenvalue weighted by Gasteiger charge is -2.52. The maximum absolute atomic E-state index is 2.98. The summed E-state index contributed by atoms with van der Waals surface area (Å²) in [7, 11) is 2.60. The van der Waals surface area contributed by atoms with Crippen LogP contribution in [0.4, 0.5) is 11.4 Å². The zero-order chi connectivity index (χ0) is 49.4. The van der Waals surface area contributed by atoms with Gasteiger partial charge in [-0.15, -0.1) is 0 Å². The molecule has 2 spiro atoms. The van der Waals surface area contributed by atoms with E-state index >= 15 is 0 Å². The van der Waals surface area contributed by atoms with Gasteiger partial charge in [0.2, 0.25) is 0 Å². The van der Waals surface area contributed by atoms with E-state index in [9.17, 15) is 0 Å². The van der Waals surface area contributed by atoms with Crippen molar-refractivity contribution in [3.63, 3.8) is 0 Å². The smallest absolute Gasteiger partial charge is 0.0575 e. The fraction of sp³-hybridized carbons (Fsp3) is 0.114. The number of rotatable bonds is 3. The second-order valence-corrected chi connectivity index (χ2v) is 29.7. The maximum atomic E-state index is 2.98. The van der Waals surface area contributed by atoms with Crippen LogP contribution >= 0.6 is 0 Å². The highest BCUT2D eigenvalue weighted by Gasteiger charge is 2.76.